The van der Waals surface area contributed by atoms with Crippen LogP contribution in [0.1, 0.15) is 40.2 Å². The van der Waals surface area contributed by atoms with Crippen LogP contribution < -0.4 is 15.4 Å². The highest BCUT2D eigenvalue weighted by molar-refractivity contribution is 6.30. The van der Waals surface area contributed by atoms with Crippen molar-refractivity contribution in [1.82, 2.24) is 10.6 Å². The Morgan fingerprint density at radius 3 is 2.57 bits per heavy atom. The third kappa shape index (κ3) is 7.34. The Balaban J connectivity index is 2.67. The van der Waals surface area contributed by atoms with Crippen LogP contribution in [-0.2, 0) is 11.3 Å². The first-order valence-corrected chi connectivity index (χ1v) is 7.51. The summed E-state index contributed by atoms with van der Waals surface area (Å²) in [4.78, 5) is 11.8. The maximum absolute atomic E-state index is 11.8. The zero-order valence-electron chi connectivity index (χ0n) is 13.4. The summed E-state index contributed by atoms with van der Waals surface area (Å²) >= 11 is 6.02. The molecule has 0 aromatic heterocycles. The minimum absolute atomic E-state index is 0.00637. The van der Waals surface area contributed by atoms with E-state index in [-0.39, 0.29) is 18.1 Å². The Bertz CT molecular complexity index is 482. The van der Waals surface area contributed by atoms with E-state index >= 15 is 0 Å². The van der Waals surface area contributed by atoms with Crippen LogP contribution in [0.15, 0.2) is 18.2 Å². The lowest BCUT2D eigenvalue weighted by Crippen LogP contribution is -2.43. The molecule has 1 aromatic rings. The van der Waals surface area contributed by atoms with Gasteiger partial charge in [-0.15, -0.1) is 0 Å². The summed E-state index contributed by atoms with van der Waals surface area (Å²) in [6.07, 6.45) is 0. The largest absolute Gasteiger partial charge is 0.483 e. The van der Waals surface area contributed by atoms with Gasteiger partial charge >= 0.3 is 0 Å². The van der Waals surface area contributed by atoms with Gasteiger partial charge in [-0.05, 0) is 39.0 Å². The first-order valence-electron chi connectivity index (χ1n) is 7.13. The van der Waals surface area contributed by atoms with Crippen molar-refractivity contribution >= 4 is 17.5 Å². The molecule has 0 radical (unpaired) electrons. The number of amides is 1. The van der Waals surface area contributed by atoms with Crippen molar-refractivity contribution in [1.29, 1.82) is 0 Å². The second-order valence-corrected chi connectivity index (χ2v) is 6.81. The molecule has 1 rings (SSSR count). The zero-order chi connectivity index (χ0) is 16.0. The molecule has 0 atom stereocenters. The normalized spacial score (nSPS) is 11.6. The summed E-state index contributed by atoms with van der Waals surface area (Å²) in [5.41, 5.74) is 0.683. The molecular weight excluding hydrogens is 288 g/mol. The molecular formula is C16H25ClN2O2. The van der Waals surface area contributed by atoms with E-state index in [2.05, 4.69) is 24.5 Å². The molecule has 4 nitrogen and oxygen atoms in total. The number of carbonyl (C=O) groups is 1. The molecule has 1 aromatic carbocycles. The van der Waals surface area contributed by atoms with Crippen LogP contribution >= 0.6 is 11.6 Å². The second-order valence-electron chi connectivity index (χ2n) is 6.37. The number of carbonyl (C=O) groups excluding carboxylic acids is 1. The van der Waals surface area contributed by atoms with E-state index in [1.807, 2.05) is 26.8 Å². The maximum atomic E-state index is 11.8. The summed E-state index contributed by atoms with van der Waals surface area (Å²) in [6, 6.07) is 5.77. The number of ether oxygens (including phenoxy) is 1. The van der Waals surface area contributed by atoms with Gasteiger partial charge in [-0.25, -0.2) is 0 Å². The summed E-state index contributed by atoms with van der Waals surface area (Å²) in [7, 11) is 0. The first kappa shape index (κ1) is 17.8. The molecule has 0 spiro atoms. The molecule has 0 unspecified atom stereocenters. The van der Waals surface area contributed by atoms with Gasteiger partial charge in [-0.3, -0.25) is 4.79 Å². The fourth-order valence-corrected chi connectivity index (χ4v) is 1.93. The van der Waals surface area contributed by atoms with E-state index in [0.717, 1.165) is 5.56 Å². The lowest BCUT2D eigenvalue weighted by Gasteiger charge is -2.21. The molecule has 0 aliphatic carbocycles. The fourth-order valence-electron chi connectivity index (χ4n) is 1.74. The van der Waals surface area contributed by atoms with E-state index < -0.39 is 0 Å². The van der Waals surface area contributed by atoms with Gasteiger partial charge in [-0.1, -0.05) is 25.4 Å². The van der Waals surface area contributed by atoms with Crippen LogP contribution in [0.25, 0.3) is 0 Å². The van der Waals surface area contributed by atoms with Crippen LogP contribution in [0.3, 0.4) is 0 Å². The molecule has 0 aliphatic rings. The smallest absolute Gasteiger partial charge is 0.258 e. The number of halogens is 1. The summed E-state index contributed by atoms with van der Waals surface area (Å²) in [6.45, 7) is 10.6. The Labute approximate surface area is 132 Å². The number of rotatable bonds is 6. The minimum atomic E-state index is -0.261. The van der Waals surface area contributed by atoms with Crippen molar-refractivity contribution in [3.8, 4) is 5.75 Å². The van der Waals surface area contributed by atoms with Gasteiger partial charge in [-0.2, -0.15) is 0 Å². The van der Waals surface area contributed by atoms with Crippen LogP contribution in [0.5, 0.6) is 5.75 Å². The number of hydrogen-bond acceptors (Lipinski definition) is 3. The summed E-state index contributed by atoms with van der Waals surface area (Å²) in [5.74, 6) is 0.539. The van der Waals surface area contributed by atoms with Crippen molar-refractivity contribution in [2.24, 2.45) is 0 Å². The van der Waals surface area contributed by atoms with E-state index in [1.165, 1.54) is 0 Å². The van der Waals surface area contributed by atoms with Gasteiger partial charge in [0, 0.05) is 28.7 Å². The Kier molecular flexibility index (Phi) is 6.49. The second kappa shape index (κ2) is 7.66. The standard InChI is InChI=1S/C16H25ClN2O2/c1-11(2)18-9-12-8-13(17)6-7-14(12)21-10-15(20)19-16(3,4)5/h6-8,11,18H,9-10H2,1-5H3,(H,19,20). The van der Waals surface area contributed by atoms with Crippen LogP contribution in [-0.4, -0.2) is 24.1 Å². The molecule has 0 bridgehead atoms. The van der Waals surface area contributed by atoms with Gasteiger partial charge in [0.1, 0.15) is 5.75 Å². The van der Waals surface area contributed by atoms with Crippen molar-refractivity contribution in [2.75, 3.05) is 6.61 Å². The van der Waals surface area contributed by atoms with E-state index in [9.17, 15) is 4.79 Å². The number of benzene rings is 1. The van der Waals surface area contributed by atoms with Crippen LogP contribution in [0, 0.1) is 0 Å². The van der Waals surface area contributed by atoms with Gasteiger partial charge < -0.3 is 15.4 Å². The Morgan fingerprint density at radius 2 is 2.00 bits per heavy atom. The highest BCUT2D eigenvalue weighted by Crippen LogP contribution is 2.23. The van der Waals surface area contributed by atoms with Gasteiger partial charge in [0.05, 0.1) is 0 Å². The molecule has 0 aliphatic heterocycles. The maximum Gasteiger partial charge on any atom is 0.258 e. The topological polar surface area (TPSA) is 50.4 Å². The van der Waals surface area contributed by atoms with E-state index in [4.69, 9.17) is 16.3 Å². The SMILES string of the molecule is CC(C)NCc1cc(Cl)ccc1OCC(=O)NC(C)(C)C. The summed E-state index contributed by atoms with van der Waals surface area (Å²) < 4.78 is 5.62. The molecule has 0 heterocycles. The van der Waals surface area contributed by atoms with Crippen molar-refractivity contribution < 1.29 is 9.53 Å². The molecule has 0 saturated heterocycles. The van der Waals surface area contributed by atoms with Crippen molar-refractivity contribution in [2.45, 2.75) is 52.7 Å². The molecule has 21 heavy (non-hydrogen) atoms. The van der Waals surface area contributed by atoms with Crippen molar-refractivity contribution in [3.63, 3.8) is 0 Å². The Morgan fingerprint density at radius 1 is 1.33 bits per heavy atom. The van der Waals surface area contributed by atoms with Gasteiger partial charge in [0.25, 0.3) is 5.91 Å². The molecule has 2 N–H and O–H groups in total. The number of hydrogen-bond donors (Lipinski definition) is 2. The average molecular weight is 313 g/mol. The third-order valence-electron chi connectivity index (χ3n) is 2.60. The predicted molar refractivity (Wildman–Crippen MR) is 86.8 cm³/mol. The quantitative estimate of drug-likeness (QED) is 0.848. The van der Waals surface area contributed by atoms with Crippen LogP contribution in [0.4, 0.5) is 0 Å². The highest BCUT2D eigenvalue weighted by Gasteiger charge is 2.14. The van der Waals surface area contributed by atoms with Gasteiger partial charge in [0.2, 0.25) is 0 Å². The lowest BCUT2D eigenvalue weighted by molar-refractivity contribution is -0.124. The third-order valence-corrected chi connectivity index (χ3v) is 2.83. The molecule has 5 heteroatoms. The van der Waals surface area contributed by atoms with Crippen molar-refractivity contribution in [3.05, 3.63) is 28.8 Å². The average Bonchev–Trinajstić information content (AvgIpc) is 2.33. The monoisotopic (exact) mass is 312 g/mol. The minimum Gasteiger partial charge on any atom is -0.483 e. The highest BCUT2D eigenvalue weighted by atomic mass is 35.5. The molecule has 0 saturated carbocycles. The Hall–Kier alpha value is -1.26. The summed E-state index contributed by atoms with van der Waals surface area (Å²) in [5, 5.41) is 6.84. The molecule has 118 valence electrons. The lowest BCUT2D eigenvalue weighted by atomic mass is 10.1. The predicted octanol–water partition coefficient (Wildman–Crippen LogP) is 3.13. The van der Waals surface area contributed by atoms with E-state index in [1.54, 1.807) is 12.1 Å². The molecule has 0 fully saturated rings. The fraction of sp³-hybridized carbons (Fsp3) is 0.562. The number of nitrogens with one attached hydrogen (secondary N) is 2. The first-order chi connectivity index (χ1) is 9.67. The van der Waals surface area contributed by atoms with Crippen LogP contribution in [0.2, 0.25) is 5.02 Å². The molecule has 1 amide bonds. The van der Waals surface area contributed by atoms with Gasteiger partial charge in [0.15, 0.2) is 6.61 Å². The van der Waals surface area contributed by atoms with E-state index in [0.29, 0.717) is 23.4 Å². The zero-order valence-corrected chi connectivity index (χ0v) is 14.2.